The summed E-state index contributed by atoms with van der Waals surface area (Å²) in [5.74, 6) is 1.98. The second-order valence-electron chi connectivity index (χ2n) is 6.70. The molecular weight excluding hydrogens is 228 g/mol. The molecule has 0 radical (unpaired) electrons. The van der Waals surface area contributed by atoms with Crippen molar-refractivity contribution in [2.75, 3.05) is 13.2 Å². The van der Waals surface area contributed by atoms with Gasteiger partial charge in [0.05, 0.1) is 24.7 Å². The molecule has 0 aromatic carbocycles. The first-order valence-electron chi connectivity index (χ1n) is 6.75. The first kappa shape index (κ1) is 13.9. The van der Waals surface area contributed by atoms with Gasteiger partial charge >= 0.3 is 0 Å². The lowest BCUT2D eigenvalue weighted by molar-refractivity contribution is -0.369. The summed E-state index contributed by atoms with van der Waals surface area (Å²) in [5, 5.41) is 10.4. The Morgan fingerprint density at radius 1 is 1.28 bits per heavy atom. The van der Waals surface area contributed by atoms with Crippen molar-refractivity contribution in [2.24, 2.45) is 10.8 Å². The molecule has 2 aliphatic rings. The topological polar surface area (TPSA) is 38.7 Å². The quantitative estimate of drug-likeness (QED) is 0.728. The summed E-state index contributed by atoms with van der Waals surface area (Å²) in [6.45, 7) is 7.55. The van der Waals surface area contributed by atoms with Gasteiger partial charge in [-0.15, -0.1) is 12.3 Å². The van der Waals surface area contributed by atoms with Crippen LogP contribution in [-0.4, -0.2) is 30.2 Å². The predicted molar refractivity (Wildman–Crippen MR) is 69.8 cm³/mol. The Balaban J connectivity index is 2.26. The molecule has 1 saturated heterocycles. The summed E-state index contributed by atoms with van der Waals surface area (Å²) in [7, 11) is 0. The van der Waals surface area contributed by atoms with E-state index in [-0.39, 0.29) is 5.41 Å². The lowest BCUT2D eigenvalue weighted by atomic mass is 9.66. The van der Waals surface area contributed by atoms with Gasteiger partial charge in [-0.25, -0.2) is 0 Å². The molecule has 1 aliphatic carbocycles. The molecule has 0 amide bonds. The molecule has 0 bridgehead atoms. The van der Waals surface area contributed by atoms with E-state index in [1.54, 1.807) is 0 Å². The molecule has 1 aliphatic heterocycles. The molecule has 1 spiro atoms. The number of aliphatic hydroxyl groups is 1. The van der Waals surface area contributed by atoms with Gasteiger partial charge in [0.1, 0.15) is 0 Å². The van der Waals surface area contributed by atoms with Crippen LogP contribution >= 0.6 is 0 Å². The van der Waals surface area contributed by atoms with E-state index in [0.717, 1.165) is 19.3 Å². The second kappa shape index (κ2) is 4.52. The minimum Gasteiger partial charge on any atom is -0.392 e. The van der Waals surface area contributed by atoms with Crippen LogP contribution in [0.4, 0.5) is 0 Å². The number of hydrogen-bond donors (Lipinski definition) is 1. The Hall–Kier alpha value is -0.560. The SMILES string of the molecule is C#CC[C@]1(C)[C@H](O)CCCC12OCC(C)(C)CO2. The number of rotatable bonds is 1. The van der Waals surface area contributed by atoms with Crippen LogP contribution in [0, 0.1) is 23.2 Å². The molecular formula is C15H24O3. The van der Waals surface area contributed by atoms with Gasteiger partial charge < -0.3 is 14.6 Å². The largest absolute Gasteiger partial charge is 0.392 e. The Bertz CT molecular complexity index is 345. The van der Waals surface area contributed by atoms with E-state index < -0.39 is 17.3 Å². The van der Waals surface area contributed by atoms with Gasteiger partial charge in [-0.05, 0) is 12.8 Å². The van der Waals surface area contributed by atoms with Crippen molar-refractivity contribution in [3.8, 4) is 12.3 Å². The van der Waals surface area contributed by atoms with Crippen LogP contribution in [0.15, 0.2) is 0 Å². The smallest absolute Gasteiger partial charge is 0.176 e. The lowest BCUT2D eigenvalue weighted by Crippen LogP contribution is -2.62. The fraction of sp³-hybridized carbons (Fsp3) is 0.867. The van der Waals surface area contributed by atoms with E-state index in [4.69, 9.17) is 15.9 Å². The van der Waals surface area contributed by atoms with Crippen LogP contribution in [0.3, 0.4) is 0 Å². The molecule has 1 heterocycles. The summed E-state index contributed by atoms with van der Waals surface area (Å²) in [6.07, 6.45) is 8.01. The molecule has 102 valence electrons. The predicted octanol–water partition coefficient (Wildman–Crippen LogP) is 2.33. The molecule has 0 aromatic rings. The first-order chi connectivity index (χ1) is 8.35. The zero-order valence-corrected chi connectivity index (χ0v) is 11.7. The van der Waals surface area contributed by atoms with Crippen LogP contribution in [0.2, 0.25) is 0 Å². The minimum atomic E-state index is -0.702. The lowest BCUT2D eigenvalue weighted by Gasteiger charge is -2.56. The summed E-state index contributed by atoms with van der Waals surface area (Å²) >= 11 is 0. The molecule has 2 fully saturated rings. The van der Waals surface area contributed by atoms with Crippen LogP contribution in [0.5, 0.6) is 0 Å². The maximum absolute atomic E-state index is 10.4. The maximum Gasteiger partial charge on any atom is 0.176 e. The van der Waals surface area contributed by atoms with Crippen LogP contribution in [0.25, 0.3) is 0 Å². The van der Waals surface area contributed by atoms with Crippen molar-refractivity contribution in [1.82, 2.24) is 0 Å². The van der Waals surface area contributed by atoms with E-state index in [1.807, 2.05) is 6.92 Å². The van der Waals surface area contributed by atoms with Crippen molar-refractivity contribution >= 4 is 0 Å². The van der Waals surface area contributed by atoms with E-state index in [9.17, 15) is 5.11 Å². The Labute approximate surface area is 110 Å². The Morgan fingerprint density at radius 2 is 1.89 bits per heavy atom. The second-order valence-corrected chi connectivity index (χ2v) is 6.70. The fourth-order valence-corrected chi connectivity index (χ4v) is 3.03. The monoisotopic (exact) mass is 252 g/mol. The number of aliphatic hydroxyl groups excluding tert-OH is 1. The van der Waals surface area contributed by atoms with E-state index >= 15 is 0 Å². The average Bonchev–Trinajstić information content (AvgIpc) is 2.30. The highest BCUT2D eigenvalue weighted by Crippen LogP contribution is 2.52. The first-order valence-corrected chi connectivity index (χ1v) is 6.75. The van der Waals surface area contributed by atoms with E-state index in [1.165, 1.54) is 0 Å². The van der Waals surface area contributed by atoms with Crippen molar-refractivity contribution in [1.29, 1.82) is 0 Å². The summed E-state index contributed by atoms with van der Waals surface area (Å²) in [6, 6.07) is 0. The summed E-state index contributed by atoms with van der Waals surface area (Å²) in [4.78, 5) is 0. The Morgan fingerprint density at radius 3 is 2.44 bits per heavy atom. The molecule has 0 aromatic heterocycles. The van der Waals surface area contributed by atoms with Crippen LogP contribution in [-0.2, 0) is 9.47 Å². The highest BCUT2D eigenvalue weighted by atomic mass is 16.7. The van der Waals surface area contributed by atoms with Crippen LogP contribution in [0.1, 0.15) is 46.5 Å². The molecule has 18 heavy (non-hydrogen) atoms. The maximum atomic E-state index is 10.4. The fourth-order valence-electron chi connectivity index (χ4n) is 3.03. The summed E-state index contributed by atoms with van der Waals surface area (Å²) < 4.78 is 12.2. The highest BCUT2D eigenvalue weighted by Gasteiger charge is 2.58. The van der Waals surface area contributed by atoms with E-state index in [2.05, 4.69) is 19.8 Å². The Kier molecular flexibility index (Phi) is 3.48. The van der Waals surface area contributed by atoms with E-state index in [0.29, 0.717) is 19.6 Å². The van der Waals surface area contributed by atoms with Crippen molar-refractivity contribution in [2.45, 2.75) is 58.3 Å². The third kappa shape index (κ3) is 2.07. The third-order valence-corrected chi connectivity index (χ3v) is 4.45. The van der Waals surface area contributed by atoms with Gasteiger partial charge in [0, 0.05) is 18.3 Å². The minimum absolute atomic E-state index is 0.0324. The van der Waals surface area contributed by atoms with Crippen LogP contribution < -0.4 is 0 Å². The average molecular weight is 252 g/mol. The van der Waals surface area contributed by atoms with Gasteiger partial charge in [-0.1, -0.05) is 20.8 Å². The molecule has 1 N–H and O–H groups in total. The highest BCUT2D eigenvalue weighted by molar-refractivity contribution is 5.07. The molecule has 2 rings (SSSR count). The number of hydrogen-bond acceptors (Lipinski definition) is 3. The zero-order chi connectivity index (χ0) is 13.4. The number of ether oxygens (including phenoxy) is 2. The molecule has 1 saturated carbocycles. The third-order valence-electron chi connectivity index (χ3n) is 4.45. The van der Waals surface area contributed by atoms with Gasteiger partial charge in [0.25, 0.3) is 0 Å². The zero-order valence-electron chi connectivity index (χ0n) is 11.7. The molecule has 2 atom stereocenters. The van der Waals surface area contributed by atoms with Crippen molar-refractivity contribution in [3.63, 3.8) is 0 Å². The molecule has 0 unspecified atom stereocenters. The normalized spacial score (nSPS) is 38.3. The standard InChI is InChI=1S/C15H24O3/c1-5-8-14(4)12(16)7-6-9-15(14)17-10-13(2,3)11-18-15/h1,12,16H,6-11H2,2-4H3/t12-,14-/m1/s1. The van der Waals surface area contributed by atoms with Crippen molar-refractivity contribution < 1.29 is 14.6 Å². The molecule has 3 nitrogen and oxygen atoms in total. The summed E-state index contributed by atoms with van der Waals surface area (Å²) in [5.41, 5.74) is -0.471. The number of terminal acetylenes is 1. The van der Waals surface area contributed by atoms with Gasteiger partial charge in [0.15, 0.2) is 5.79 Å². The van der Waals surface area contributed by atoms with Gasteiger partial charge in [-0.2, -0.15) is 0 Å². The molecule has 3 heteroatoms. The van der Waals surface area contributed by atoms with Gasteiger partial charge in [0.2, 0.25) is 0 Å². The van der Waals surface area contributed by atoms with Crippen molar-refractivity contribution in [3.05, 3.63) is 0 Å². The van der Waals surface area contributed by atoms with Gasteiger partial charge in [-0.3, -0.25) is 0 Å².